The van der Waals surface area contributed by atoms with Gasteiger partial charge in [-0.3, -0.25) is 9.69 Å². The summed E-state index contributed by atoms with van der Waals surface area (Å²) in [4.78, 5) is 13.9. The summed E-state index contributed by atoms with van der Waals surface area (Å²) in [5, 5.41) is 2.76. The maximum Gasteiger partial charge on any atom is 0.238 e. The predicted octanol–water partition coefficient (Wildman–Crippen LogP) is 3.46. The molecule has 0 heterocycles. The van der Waals surface area contributed by atoms with Crippen molar-refractivity contribution in [3.63, 3.8) is 0 Å². The third kappa shape index (κ3) is 4.97. The van der Waals surface area contributed by atoms with Crippen LogP contribution in [0.25, 0.3) is 0 Å². The zero-order valence-corrected chi connectivity index (χ0v) is 13.0. The molecule has 0 aliphatic rings. The molecule has 0 aliphatic carbocycles. The molecular weight excluding hydrogens is 279 g/mol. The van der Waals surface area contributed by atoms with Crippen LogP contribution in [0, 0.1) is 5.82 Å². The maximum atomic E-state index is 12.8. The lowest BCUT2D eigenvalue weighted by Gasteiger charge is -2.16. The van der Waals surface area contributed by atoms with Gasteiger partial charge in [-0.1, -0.05) is 31.2 Å². The van der Waals surface area contributed by atoms with Crippen molar-refractivity contribution >= 4 is 11.6 Å². The van der Waals surface area contributed by atoms with Gasteiger partial charge in [0.25, 0.3) is 0 Å². The van der Waals surface area contributed by atoms with Gasteiger partial charge in [-0.05, 0) is 48.9 Å². The van der Waals surface area contributed by atoms with Crippen molar-refractivity contribution in [2.45, 2.75) is 19.9 Å². The van der Waals surface area contributed by atoms with E-state index in [4.69, 9.17) is 0 Å². The first-order valence-corrected chi connectivity index (χ1v) is 7.38. The number of aryl methyl sites for hydroxylation is 1. The number of hydrogen-bond acceptors (Lipinski definition) is 2. The van der Waals surface area contributed by atoms with Gasteiger partial charge in [-0.25, -0.2) is 4.39 Å². The highest BCUT2D eigenvalue weighted by Crippen LogP contribution is 2.09. The molecule has 2 rings (SSSR count). The Morgan fingerprint density at radius 1 is 1.05 bits per heavy atom. The molecule has 0 saturated carbocycles. The van der Waals surface area contributed by atoms with Gasteiger partial charge in [0.15, 0.2) is 0 Å². The molecule has 0 radical (unpaired) electrons. The van der Waals surface area contributed by atoms with E-state index >= 15 is 0 Å². The summed E-state index contributed by atoms with van der Waals surface area (Å²) in [7, 11) is 1.90. The topological polar surface area (TPSA) is 32.3 Å². The molecule has 3 nitrogen and oxygen atoms in total. The molecular formula is C18H21FN2O. The number of carbonyl (C=O) groups is 1. The molecule has 116 valence electrons. The molecule has 22 heavy (non-hydrogen) atoms. The maximum absolute atomic E-state index is 12.8. The molecule has 0 aromatic heterocycles. The fraction of sp³-hybridized carbons (Fsp3) is 0.278. The second-order valence-corrected chi connectivity index (χ2v) is 5.40. The fourth-order valence-electron chi connectivity index (χ4n) is 2.23. The van der Waals surface area contributed by atoms with Gasteiger partial charge in [0.05, 0.1) is 6.54 Å². The Labute approximate surface area is 130 Å². The molecule has 0 fully saturated rings. The van der Waals surface area contributed by atoms with Crippen molar-refractivity contribution in [1.82, 2.24) is 4.90 Å². The summed E-state index contributed by atoms with van der Waals surface area (Å²) < 4.78 is 12.8. The van der Waals surface area contributed by atoms with E-state index in [1.807, 2.05) is 11.9 Å². The van der Waals surface area contributed by atoms with Crippen LogP contribution in [0.15, 0.2) is 48.5 Å². The highest BCUT2D eigenvalue weighted by Gasteiger charge is 2.07. The summed E-state index contributed by atoms with van der Waals surface area (Å²) in [6.07, 6.45) is 1.02. The summed E-state index contributed by atoms with van der Waals surface area (Å²) >= 11 is 0. The number of anilines is 1. The van der Waals surface area contributed by atoms with Gasteiger partial charge in [-0.2, -0.15) is 0 Å². The van der Waals surface area contributed by atoms with Crippen LogP contribution in [0.2, 0.25) is 0 Å². The van der Waals surface area contributed by atoms with E-state index in [9.17, 15) is 9.18 Å². The van der Waals surface area contributed by atoms with Gasteiger partial charge in [0, 0.05) is 12.2 Å². The number of carbonyl (C=O) groups excluding carboxylic acids is 1. The lowest BCUT2D eigenvalue weighted by molar-refractivity contribution is -0.117. The molecule has 1 amide bonds. The molecule has 1 N–H and O–H groups in total. The van der Waals surface area contributed by atoms with E-state index in [0.29, 0.717) is 12.2 Å². The van der Waals surface area contributed by atoms with Crippen LogP contribution in [0.1, 0.15) is 18.1 Å². The molecule has 0 saturated heterocycles. The Morgan fingerprint density at radius 2 is 1.64 bits per heavy atom. The second-order valence-electron chi connectivity index (χ2n) is 5.40. The van der Waals surface area contributed by atoms with Gasteiger partial charge in [-0.15, -0.1) is 0 Å². The van der Waals surface area contributed by atoms with Crippen molar-refractivity contribution in [2.24, 2.45) is 0 Å². The van der Waals surface area contributed by atoms with Crippen LogP contribution in [0.5, 0.6) is 0 Å². The largest absolute Gasteiger partial charge is 0.325 e. The smallest absolute Gasteiger partial charge is 0.238 e. The van der Waals surface area contributed by atoms with E-state index < -0.39 is 0 Å². The summed E-state index contributed by atoms with van der Waals surface area (Å²) in [5.41, 5.74) is 3.09. The Balaban J connectivity index is 1.83. The summed E-state index contributed by atoms with van der Waals surface area (Å²) in [5.74, 6) is -0.426. The lowest BCUT2D eigenvalue weighted by atomic mass is 10.1. The van der Waals surface area contributed by atoms with E-state index in [-0.39, 0.29) is 18.3 Å². The van der Waals surface area contributed by atoms with Crippen LogP contribution < -0.4 is 5.32 Å². The standard InChI is InChI=1S/C18H21FN2O/c1-3-14-4-6-15(7-5-14)12-21(2)13-18(22)20-17-10-8-16(19)9-11-17/h4-11H,3,12-13H2,1-2H3,(H,20,22). The zero-order chi connectivity index (χ0) is 15.9. The Morgan fingerprint density at radius 3 is 2.23 bits per heavy atom. The molecule has 0 aliphatic heterocycles. The summed E-state index contributed by atoms with van der Waals surface area (Å²) in [6, 6.07) is 14.2. The number of nitrogens with one attached hydrogen (secondary N) is 1. The van der Waals surface area contributed by atoms with Gasteiger partial charge in [0.1, 0.15) is 5.82 Å². The first-order chi connectivity index (χ1) is 10.6. The Hall–Kier alpha value is -2.20. The summed E-state index contributed by atoms with van der Waals surface area (Å²) in [6.45, 7) is 3.12. The second kappa shape index (κ2) is 7.71. The molecule has 0 bridgehead atoms. The van der Waals surface area contributed by atoms with Gasteiger partial charge >= 0.3 is 0 Å². The van der Waals surface area contributed by atoms with Crippen LogP contribution in [0.4, 0.5) is 10.1 Å². The van der Waals surface area contributed by atoms with Crippen molar-refractivity contribution < 1.29 is 9.18 Å². The number of benzene rings is 2. The SMILES string of the molecule is CCc1ccc(CN(C)CC(=O)Nc2ccc(F)cc2)cc1. The van der Waals surface area contributed by atoms with E-state index in [2.05, 4.69) is 36.5 Å². The minimum atomic E-state index is -0.314. The van der Waals surface area contributed by atoms with Crippen molar-refractivity contribution in [2.75, 3.05) is 18.9 Å². The van der Waals surface area contributed by atoms with Crippen LogP contribution >= 0.6 is 0 Å². The number of nitrogens with zero attached hydrogens (tertiary/aromatic N) is 1. The molecule has 2 aromatic rings. The average molecular weight is 300 g/mol. The number of rotatable bonds is 6. The van der Waals surface area contributed by atoms with Gasteiger partial charge < -0.3 is 5.32 Å². The third-order valence-electron chi connectivity index (χ3n) is 3.43. The van der Waals surface area contributed by atoms with Crippen molar-refractivity contribution in [1.29, 1.82) is 0 Å². The molecule has 2 aromatic carbocycles. The average Bonchev–Trinajstić information content (AvgIpc) is 2.50. The minimum absolute atomic E-state index is 0.112. The zero-order valence-electron chi connectivity index (χ0n) is 13.0. The van der Waals surface area contributed by atoms with Crippen molar-refractivity contribution in [3.05, 3.63) is 65.5 Å². The fourth-order valence-corrected chi connectivity index (χ4v) is 2.23. The highest BCUT2D eigenvalue weighted by atomic mass is 19.1. The van der Waals surface area contributed by atoms with Crippen molar-refractivity contribution in [3.8, 4) is 0 Å². The van der Waals surface area contributed by atoms with Crippen LogP contribution in [0.3, 0.4) is 0 Å². The van der Waals surface area contributed by atoms with Crippen LogP contribution in [-0.4, -0.2) is 24.4 Å². The Bertz CT molecular complexity index is 608. The molecule has 0 spiro atoms. The van der Waals surface area contributed by atoms with E-state index in [0.717, 1.165) is 6.42 Å². The normalized spacial score (nSPS) is 10.7. The van der Waals surface area contributed by atoms with Crippen LogP contribution in [-0.2, 0) is 17.8 Å². The van der Waals surface area contributed by atoms with Gasteiger partial charge in [0.2, 0.25) is 5.91 Å². The first-order valence-electron chi connectivity index (χ1n) is 7.38. The Kier molecular flexibility index (Phi) is 5.67. The first kappa shape index (κ1) is 16.2. The van der Waals surface area contributed by atoms with E-state index in [1.54, 1.807) is 12.1 Å². The predicted molar refractivity (Wildman–Crippen MR) is 87.2 cm³/mol. The molecule has 0 atom stereocenters. The minimum Gasteiger partial charge on any atom is -0.325 e. The number of amides is 1. The number of likely N-dealkylation sites (N-methyl/N-ethyl adjacent to an activating group) is 1. The molecule has 0 unspecified atom stereocenters. The van der Waals surface area contributed by atoms with E-state index in [1.165, 1.54) is 23.3 Å². The quantitative estimate of drug-likeness (QED) is 0.886. The molecule has 4 heteroatoms. The number of halogens is 1. The lowest BCUT2D eigenvalue weighted by Crippen LogP contribution is -2.29. The number of hydrogen-bond donors (Lipinski definition) is 1. The highest BCUT2D eigenvalue weighted by molar-refractivity contribution is 5.92. The third-order valence-corrected chi connectivity index (χ3v) is 3.43. The monoisotopic (exact) mass is 300 g/mol.